The summed E-state index contributed by atoms with van der Waals surface area (Å²) in [5.74, 6) is 1.23. The second kappa shape index (κ2) is 6.76. The van der Waals surface area contributed by atoms with E-state index in [0.29, 0.717) is 15.7 Å². The van der Waals surface area contributed by atoms with Gasteiger partial charge in [-0.2, -0.15) is 4.31 Å². The van der Waals surface area contributed by atoms with Crippen molar-refractivity contribution in [1.29, 1.82) is 0 Å². The Morgan fingerprint density at radius 2 is 2.00 bits per heavy atom. The summed E-state index contributed by atoms with van der Waals surface area (Å²) in [6, 6.07) is 12.4. The molecule has 0 N–H and O–H groups in total. The fourth-order valence-corrected chi connectivity index (χ4v) is 4.49. The van der Waals surface area contributed by atoms with Gasteiger partial charge in [0, 0.05) is 18.7 Å². The maximum Gasteiger partial charge on any atom is 0.252 e. The zero-order chi connectivity index (χ0) is 17.2. The number of ether oxygens (including phenoxy) is 1. The Labute approximate surface area is 144 Å². The zero-order valence-corrected chi connectivity index (χ0v) is 14.8. The minimum atomic E-state index is -3.51. The van der Waals surface area contributed by atoms with Crippen LogP contribution in [0.25, 0.3) is 11.3 Å². The first-order valence-electron chi connectivity index (χ1n) is 7.10. The normalized spacial score (nSPS) is 11.8. The highest BCUT2D eigenvalue weighted by Crippen LogP contribution is 2.24. The van der Waals surface area contributed by atoms with E-state index in [4.69, 9.17) is 9.26 Å². The van der Waals surface area contributed by atoms with Gasteiger partial charge in [0.15, 0.2) is 5.76 Å². The summed E-state index contributed by atoms with van der Waals surface area (Å²) in [4.78, 5) is 0. The minimum absolute atomic E-state index is 0.114. The molecule has 0 aliphatic carbocycles. The number of hydrogen-bond acceptors (Lipinski definition) is 6. The van der Waals surface area contributed by atoms with Crippen LogP contribution in [0.5, 0.6) is 5.75 Å². The molecule has 0 atom stereocenters. The molecule has 6 nitrogen and oxygen atoms in total. The maximum atomic E-state index is 12.4. The topological polar surface area (TPSA) is 72.6 Å². The summed E-state index contributed by atoms with van der Waals surface area (Å²) in [6.45, 7) is 0.114. The average molecular weight is 364 g/mol. The van der Waals surface area contributed by atoms with Gasteiger partial charge in [0.25, 0.3) is 10.0 Å². The van der Waals surface area contributed by atoms with Gasteiger partial charge in [0.2, 0.25) is 0 Å². The molecular formula is C16H16N2O4S2. The summed E-state index contributed by atoms with van der Waals surface area (Å²) in [5.41, 5.74) is 1.52. The van der Waals surface area contributed by atoms with Gasteiger partial charge in [0.1, 0.15) is 15.7 Å². The van der Waals surface area contributed by atoms with Crippen molar-refractivity contribution in [3.05, 3.63) is 53.6 Å². The fraction of sp³-hybridized carbons (Fsp3) is 0.188. The lowest BCUT2D eigenvalue weighted by Crippen LogP contribution is -2.25. The first-order chi connectivity index (χ1) is 11.5. The summed E-state index contributed by atoms with van der Waals surface area (Å²) < 4.78 is 36.8. The molecule has 0 unspecified atom stereocenters. The molecule has 0 aliphatic rings. The highest BCUT2D eigenvalue weighted by Gasteiger charge is 2.23. The molecule has 0 fully saturated rings. The van der Waals surface area contributed by atoms with Crippen LogP contribution in [-0.4, -0.2) is 32.0 Å². The number of sulfonamides is 1. The molecule has 24 heavy (non-hydrogen) atoms. The Bertz CT molecular complexity index is 900. The standard InChI is InChI=1S/C16H16N2O4S2/c1-18(24(19,20)16-4-3-9-23-16)11-14-10-15(17-22-14)12-5-7-13(21-2)8-6-12/h3-10H,11H2,1-2H3. The van der Waals surface area contributed by atoms with E-state index in [1.54, 1.807) is 30.7 Å². The van der Waals surface area contributed by atoms with Crippen molar-refractivity contribution >= 4 is 21.4 Å². The van der Waals surface area contributed by atoms with Crippen LogP contribution in [-0.2, 0) is 16.6 Å². The molecule has 0 bridgehead atoms. The van der Waals surface area contributed by atoms with Gasteiger partial charge < -0.3 is 9.26 Å². The average Bonchev–Trinajstić information content (AvgIpc) is 3.27. The number of hydrogen-bond donors (Lipinski definition) is 0. The van der Waals surface area contributed by atoms with Crippen LogP contribution in [0.3, 0.4) is 0 Å². The number of nitrogens with zero attached hydrogens (tertiary/aromatic N) is 2. The Balaban J connectivity index is 1.76. The predicted molar refractivity (Wildman–Crippen MR) is 91.5 cm³/mol. The van der Waals surface area contributed by atoms with Crippen molar-refractivity contribution in [3.8, 4) is 17.0 Å². The molecular weight excluding hydrogens is 348 g/mol. The Hall–Kier alpha value is -2.16. The van der Waals surface area contributed by atoms with Gasteiger partial charge in [-0.1, -0.05) is 11.2 Å². The van der Waals surface area contributed by atoms with Gasteiger partial charge in [-0.3, -0.25) is 0 Å². The van der Waals surface area contributed by atoms with Crippen LogP contribution >= 0.6 is 11.3 Å². The second-order valence-electron chi connectivity index (χ2n) is 5.10. The molecule has 2 heterocycles. The summed E-state index contributed by atoms with van der Waals surface area (Å²) >= 11 is 1.19. The predicted octanol–water partition coefficient (Wildman–Crippen LogP) is 3.23. The highest BCUT2D eigenvalue weighted by molar-refractivity contribution is 7.91. The van der Waals surface area contributed by atoms with E-state index in [9.17, 15) is 8.42 Å². The number of aromatic nitrogens is 1. The molecule has 126 valence electrons. The van der Waals surface area contributed by atoms with Crippen LogP contribution in [0.2, 0.25) is 0 Å². The van der Waals surface area contributed by atoms with E-state index >= 15 is 0 Å². The number of rotatable bonds is 6. The van der Waals surface area contributed by atoms with Crippen LogP contribution < -0.4 is 4.74 Å². The first-order valence-corrected chi connectivity index (χ1v) is 9.42. The summed E-state index contributed by atoms with van der Waals surface area (Å²) in [5, 5.41) is 5.74. The van der Waals surface area contributed by atoms with Crippen molar-refractivity contribution in [2.45, 2.75) is 10.8 Å². The molecule has 2 aromatic heterocycles. The lowest BCUT2D eigenvalue weighted by atomic mass is 10.1. The molecule has 3 aromatic rings. The van der Waals surface area contributed by atoms with Gasteiger partial charge in [0.05, 0.1) is 13.7 Å². The summed E-state index contributed by atoms with van der Waals surface area (Å²) in [6.07, 6.45) is 0. The van der Waals surface area contributed by atoms with E-state index in [0.717, 1.165) is 11.3 Å². The highest BCUT2D eigenvalue weighted by atomic mass is 32.2. The van der Waals surface area contributed by atoms with E-state index in [2.05, 4.69) is 5.16 Å². The maximum absolute atomic E-state index is 12.4. The lowest BCUT2D eigenvalue weighted by molar-refractivity contribution is 0.344. The molecule has 3 rings (SSSR count). The Morgan fingerprint density at radius 3 is 2.62 bits per heavy atom. The SMILES string of the molecule is COc1ccc(-c2cc(CN(C)S(=O)(=O)c3cccs3)on2)cc1. The third-order valence-electron chi connectivity index (χ3n) is 3.48. The van der Waals surface area contributed by atoms with Crippen molar-refractivity contribution in [2.24, 2.45) is 0 Å². The molecule has 1 aromatic carbocycles. The molecule has 0 spiro atoms. The zero-order valence-electron chi connectivity index (χ0n) is 13.2. The third kappa shape index (κ3) is 3.35. The van der Waals surface area contributed by atoms with Gasteiger partial charge in [-0.05, 0) is 35.7 Å². The van der Waals surface area contributed by atoms with Gasteiger partial charge in [-0.25, -0.2) is 8.42 Å². The second-order valence-corrected chi connectivity index (χ2v) is 8.32. The van der Waals surface area contributed by atoms with Gasteiger partial charge >= 0.3 is 0 Å². The van der Waals surface area contributed by atoms with Gasteiger partial charge in [-0.15, -0.1) is 11.3 Å². The smallest absolute Gasteiger partial charge is 0.252 e. The van der Waals surface area contributed by atoms with E-state index in [1.165, 1.54) is 22.7 Å². The van der Waals surface area contributed by atoms with Crippen LogP contribution in [0.1, 0.15) is 5.76 Å². The quantitative estimate of drug-likeness (QED) is 0.671. The molecule has 0 aliphatic heterocycles. The van der Waals surface area contributed by atoms with Crippen molar-refractivity contribution in [2.75, 3.05) is 14.2 Å². The molecule has 0 saturated heterocycles. The van der Waals surface area contributed by atoms with Crippen LogP contribution in [0.15, 0.2) is 56.6 Å². The lowest BCUT2D eigenvalue weighted by Gasteiger charge is -2.13. The molecule has 0 amide bonds. The largest absolute Gasteiger partial charge is 0.497 e. The number of benzene rings is 1. The van der Waals surface area contributed by atoms with Crippen LogP contribution in [0.4, 0.5) is 0 Å². The van der Waals surface area contributed by atoms with E-state index < -0.39 is 10.0 Å². The van der Waals surface area contributed by atoms with E-state index in [-0.39, 0.29) is 6.54 Å². The van der Waals surface area contributed by atoms with Crippen molar-refractivity contribution in [1.82, 2.24) is 9.46 Å². The third-order valence-corrected chi connectivity index (χ3v) is 6.66. The minimum Gasteiger partial charge on any atom is -0.497 e. The summed E-state index contributed by atoms with van der Waals surface area (Å²) in [7, 11) is -0.388. The molecule has 0 saturated carbocycles. The Morgan fingerprint density at radius 1 is 1.25 bits per heavy atom. The monoisotopic (exact) mass is 364 g/mol. The molecule has 8 heteroatoms. The van der Waals surface area contributed by atoms with E-state index in [1.807, 2.05) is 24.3 Å². The Kier molecular flexibility index (Phi) is 4.70. The number of methoxy groups -OCH3 is 1. The van der Waals surface area contributed by atoms with Crippen molar-refractivity contribution in [3.63, 3.8) is 0 Å². The first kappa shape index (κ1) is 16.7. The molecule has 0 radical (unpaired) electrons. The van der Waals surface area contributed by atoms with Crippen molar-refractivity contribution < 1.29 is 17.7 Å². The fourth-order valence-electron chi connectivity index (χ4n) is 2.15. The van der Waals surface area contributed by atoms with Crippen LogP contribution in [0, 0.1) is 0 Å². The number of thiophene rings is 1.